The summed E-state index contributed by atoms with van der Waals surface area (Å²) in [6.07, 6.45) is 11.2. The predicted molar refractivity (Wildman–Crippen MR) is 88.8 cm³/mol. The molecule has 1 fully saturated rings. The molecule has 1 aliphatic heterocycles. The van der Waals surface area contributed by atoms with Gasteiger partial charge in [0.1, 0.15) is 0 Å². The minimum atomic E-state index is -2.34. The maximum absolute atomic E-state index is 5.43. The number of unbranched alkanes of at least 4 members (excludes halogenated alkanes) is 7. The Labute approximate surface area is 137 Å². The third-order valence-corrected chi connectivity index (χ3v) is 7.13. The maximum atomic E-state index is 5.43. The molecule has 1 aliphatic rings. The Balaban J connectivity index is 1.85. The van der Waals surface area contributed by atoms with E-state index in [0.717, 1.165) is 32.1 Å². The van der Waals surface area contributed by atoms with E-state index in [1.54, 1.807) is 21.3 Å². The van der Waals surface area contributed by atoms with Crippen LogP contribution in [-0.2, 0) is 22.8 Å². The van der Waals surface area contributed by atoms with E-state index in [0.29, 0.717) is 0 Å². The molecule has 0 aliphatic carbocycles. The van der Waals surface area contributed by atoms with Crippen LogP contribution >= 0.6 is 0 Å². The van der Waals surface area contributed by atoms with Crippen LogP contribution < -0.4 is 0 Å². The monoisotopic (exact) mass is 334 g/mol. The summed E-state index contributed by atoms with van der Waals surface area (Å²) >= 11 is 0. The van der Waals surface area contributed by atoms with Crippen LogP contribution in [-0.4, -0.2) is 49.6 Å². The molecule has 0 aromatic carbocycles. The van der Waals surface area contributed by atoms with E-state index in [9.17, 15) is 0 Å². The topological polar surface area (TPSA) is 46.2 Å². The van der Waals surface area contributed by atoms with Gasteiger partial charge in [0, 0.05) is 27.4 Å². The first-order chi connectivity index (χ1) is 10.8. The Bertz CT molecular complexity index is 247. The molecule has 0 saturated carbocycles. The Kier molecular flexibility index (Phi) is 11.3. The zero-order valence-corrected chi connectivity index (χ0v) is 15.6. The van der Waals surface area contributed by atoms with Crippen LogP contribution in [0.25, 0.3) is 0 Å². The lowest BCUT2D eigenvalue weighted by atomic mass is 10.1. The van der Waals surface area contributed by atoms with Crippen LogP contribution in [0.2, 0.25) is 6.04 Å². The fourth-order valence-electron chi connectivity index (χ4n) is 2.84. The van der Waals surface area contributed by atoms with Gasteiger partial charge < -0.3 is 22.8 Å². The lowest BCUT2D eigenvalue weighted by molar-refractivity contribution is -0.0480. The molecule has 6 heteroatoms. The fraction of sp³-hybridized carbons (Fsp3) is 1.00. The highest BCUT2D eigenvalue weighted by Crippen LogP contribution is 2.19. The van der Waals surface area contributed by atoms with Crippen molar-refractivity contribution >= 4 is 8.80 Å². The summed E-state index contributed by atoms with van der Waals surface area (Å²) < 4.78 is 27.1. The van der Waals surface area contributed by atoms with Crippen LogP contribution in [0, 0.1) is 0 Å². The van der Waals surface area contributed by atoms with E-state index in [1.807, 2.05) is 0 Å². The largest absolute Gasteiger partial charge is 0.500 e. The molecule has 0 aromatic heterocycles. The van der Waals surface area contributed by atoms with Crippen LogP contribution in [0.4, 0.5) is 0 Å². The number of rotatable bonds is 14. The molecule has 0 unspecified atom stereocenters. The number of hydrogen-bond donors (Lipinski definition) is 0. The molecule has 1 heterocycles. The van der Waals surface area contributed by atoms with Crippen LogP contribution in [0.15, 0.2) is 0 Å². The standard InChI is InChI=1S/C16H34O5Si/c1-17-22(18-2,19-3)15-11-9-7-5-4-6-8-10-12-16-20-13-14-21-16/h16H,4-15H2,1-3H3. The van der Waals surface area contributed by atoms with Gasteiger partial charge in [0.15, 0.2) is 6.29 Å². The smallest absolute Gasteiger partial charge is 0.377 e. The SMILES string of the molecule is CO[Si](CCCCCCCCCCC1OCCO1)(OC)OC. The molecule has 0 radical (unpaired) electrons. The van der Waals surface area contributed by atoms with Gasteiger partial charge in [-0.15, -0.1) is 0 Å². The van der Waals surface area contributed by atoms with E-state index >= 15 is 0 Å². The second-order valence-corrected chi connectivity index (χ2v) is 8.92. The van der Waals surface area contributed by atoms with E-state index < -0.39 is 8.80 Å². The van der Waals surface area contributed by atoms with E-state index in [-0.39, 0.29) is 6.29 Å². The molecule has 22 heavy (non-hydrogen) atoms. The van der Waals surface area contributed by atoms with Crippen molar-refractivity contribution < 1.29 is 22.8 Å². The van der Waals surface area contributed by atoms with Gasteiger partial charge in [0.25, 0.3) is 0 Å². The first-order valence-electron chi connectivity index (χ1n) is 8.65. The van der Waals surface area contributed by atoms with E-state index in [1.165, 1.54) is 44.9 Å². The van der Waals surface area contributed by atoms with Gasteiger partial charge in [0.2, 0.25) is 0 Å². The van der Waals surface area contributed by atoms with Gasteiger partial charge in [-0.3, -0.25) is 0 Å². The molecule has 0 amide bonds. The third kappa shape index (κ3) is 8.03. The molecule has 1 rings (SSSR count). The van der Waals surface area contributed by atoms with Gasteiger partial charge in [-0.25, -0.2) is 0 Å². The van der Waals surface area contributed by atoms with Gasteiger partial charge in [-0.1, -0.05) is 38.5 Å². The third-order valence-electron chi connectivity index (χ3n) is 4.30. The molecule has 0 spiro atoms. The molecular formula is C16H34O5Si. The quantitative estimate of drug-likeness (QED) is 0.358. The van der Waals surface area contributed by atoms with Gasteiger partial charge in [-0.05, 0) is 19.3 Å². The van der Waals surface area contributed by atoms with Crippen molar-refractivity contribution in [3.63, 3.8) is 0 Å². The molecular weight excluding hydrogens is 300 g/mol. The number of hydrogen-bond acceptors (Lipinski definition) is 5. The van der Waals surface area contributed by atoms with Crippen molar-refractivity contribution in [1.29, 1.82) is 0 Å². The van der Waals surface area contributed by atoms with Crippen LogP contribution in [0.3, 0.4) is 0 Å². The first kappa shape index (κ1) is 20.1. The average Bonchev–Trinajstić information content (AvgIpc) is 3.07. The molecule has 0 aromatic rings. The zero-order chi connectivity index (χ0) is 16.1. The highest BCUT2D eigenvalue weighted by atomic mass is 28.4. The molecule has 5 nitrogen and oxygen atoms in total. The summed E-state index contributed by atoms with van der Waals surface area (Å²) in [6, 6.07) is 0.915. The Morgan fingerprint density at radius 1 is 0.727 bits per heavy atom. The fourth-order valence-corrected chi connectivity index (χ4v) is 4.64. The second kappa shape index (κ2) is 12.4. The molecule has 1 saturated heterocycles. The minimum absolute atomic E-state index is 0.0757. The van der Waals surface area contributed by atoms with Crippen molar-refractivity contribution in [2.75, 3.05) is 34.5 Å². The summed E-state index contributed by atoms with van der Waals surface area (Å²) in [7, 11) is 2.70. The predicted octanol–water partition coefficient (Wildman–Crippen LogP) is 3.75. The number of ether oxygens (including phenoxy) is 2. The summed E-state index contributed by atoms with van der Waals surface area (Å²) in [4.78, 5) is 0. The summed E-state index contributed by atoms with van der Waals surface area (Å²) in [5.41, 5.74) is 0. The normalized spacial score (nSPS) is 16.5. The lowest BCUT2D eigenvalue weighted by Crippen LogP contribution is -2.42. The van der Waals surface area contributed by atoms with Gasteiger partial charge in [0.05, 0.1) is 13.2 Å². The lowest BCUT2D eigenvalue weighted by Gasteiger charge is -2.24. The summed E-state index contributed by atoms with van der Waals surface area (Å²) in [5.74, 6) is 0. The van der Waals surface area contributed by atoms with Gasteiger partial charge >= 0.3 is 8.80 Å². The van der Waals surface area contributed by atoms with Crippen molar-refractivity contribution in [3.8, 4) is 0 Å². The maximum Gasteiger partial charge on any atom is 0.500 e. The van der Waals surface area contributed by atoms with E-state index in [2.05, 4.69) is 0 Å². The Hall–Kier alpha value is 0.0169. The minimum Gasteiger partial charge on any atom is -0.377 e. The average molecular weight is 335 g/mol. The molecule has 0 atom stereocenters. The second-order valence-electron chi connectivity index (χ2n) is 5.83. The highest BCUT2D eigenvalue weighted by molar-refractivity contribution is 6.60. The van der Waals surface area contributed by atoms with E-state index in [4.69, 9.17) is 22.8 Å². The van der Waals surface area contributed by atoms with Crippen molar-refractivity contribution in [1.82, 2.24) is 0 Å². The molecule has 0 bridgehead atoms. The summed E-state index contributed by atoms with van der Waals surface area (Å²) in [6.45, 7) is 1.54. The summed E-state index contributed by atoms with van der Waals surface area (Å²) in [5, 5.41) is 0. The van der Waals surface area contributed by atoms with Crippen molar-refractivity contribution in [2.24, 2.45) is 0 Å². The molecule has 0 N–H and O–H groups in total. The van der Waals surface area contributed by atoms with Crippen LogP contribution in [0.1, 0.15) is 57.8 Å². The first-order valence-corrected chi connectivity index (χ1v) is 10.6. The molecule has 132 valence electrons. The van der Waals surface area contributed by atoms with Crippen LogP contribution in [0.5, 0.6) is 0 Å². The Morgan fingerprint density at radius 2 is 1.18 bits per heavy atom. The van der Waals surface area contributed by atoms with Crippen molar-refractivity contribution in [2.45, 2.75) is 70.1 Å². The Morgan fingerprint density at radius 3 is 1.68 bits per heavy atom. The van der Waals surface area contributed by atoms with Gasteiger partial charge in [-0.2, -0.15) is 0 Å². The van der Waals surface area contributed by atoms with Crippen molar-refractivity contribution in [3.05, 3.63) is 0 Å². The highest BCUT2D eigenvalue weighted by Gasteiger charge is 2.36. The zero-order valence-electron chi connectivity index (χ0n) is 14.6.